The van der Waals surface area contributed by atoms with Gasteiger partial charge in [0.05, 0.1) is 5.56 Å². The fraction of sp³-hybridized carbons (Fsp3) is 0.350. The van der Waals surface area contributed by atoms with Crippen LogP contribution in [0.25, 0.3) is 11.1 Å². The van der Waals surface area contributed by atoms with Gasteiger partial charge in [0.2, 0.25) is 11.9 Å². The van der Waals surface area contributed by atoms with Crippen molar-refractivity contribution in [2.45, 2.75) is 13.3 Å². The fourth-order valence-corrected chi connectivity index (χ4v) is 3.44. The van der Waals surface area contributed by atoms with E-state index >= 15 is 0 Å². The number of anilines is 3. The Morgan fingerprint density at radius 2 is 1.76 bits per heavy atom. The Hall–Kier alpha value is -2.84. The maximum atomic E-state index is 6.40. The van der Waals surface area contributed by atoms with Gasteiger partial charge in [-0.3, -0.25) is 0 Å². The van der Waals surface area contributed by atoms with Crippen LogP contribution < -0.4 is 10.2 Å². The predicted octanol–water partition coefficient (Wildman–Crippen LogP) is 3.04. The summed E-state index contributed by atoms with van der Waals surface area (Å²) in [6, 6.07) is 9.79. The van der Waals surface area contributed by atoms with Crippen molar-refractivity contribution in [3.05, 3.63) is 47.6 Å². The molecule has 9 heteroatoms. The van der Waals surface area contributed by atoms with Crippen LogP contribution in [0, 0.1) is 0 Å². The highest BCUT2D eigenvalue weighted by Gasteiger charge is 2.19. The normalized spacial score (nSPS) is 14.8. The number of likely N-dealkylation sites (N-methyl/N-ethyl adjacent to an activating group) is 1. The van der Waals surface area contributed by atoms with E-state index in [9.17, 15) is 0 Å². The van der Waals surface area contributed by atoms with E-state index in [1.54, 1.807) is 0 Å². The van der Waals surface area contributed by atoms with Gasteiger partial charge in [0.25, 0.3) is 0 Å². The van der Waals surface area contributed by atoms with Crippen LogP contribution in [0.2, 0.25) is 5.15 Å². The Morgan fingerprint density at radius 3 is 2.48 bits per heavy atom. The van der Waals surface area contributed by atoms with E-state index in [-0.39, 0.29) is 0 Å². The molecule has 150 valence electrons. The van der Waals surface area contributed by atoms with Crippen LogP contribution in [0.3, 0.4) is 0 Å². The largest absolute Gasteiger partial charge is 0.338 e. The molecule has 0 radical (unpaired) electrons. The molecule has 0 unspecified atom stereocenters. The summed E-state index contributed by atoms with van der Waals surface area (Å²) in [5, 5.41) is 3.61. The summed E-state index contributed by atoms with van der Waals surface area (Å²) in [5.41, 5.74) is 1.64. The van der Waals surface area contributed by atoms with Crippen LogP contribution in [0.4, 0.5) is 17.7 Å². The molecule has 3 heterocycles. The fourth-order valence-electron chi connectivity index (χ4n) is 3.19. The van der Waals surface area contributed by atoms with Gasteiger partial charge >= 0.3 is 0 Å². The first-order valence-electron chi connectivity index (χ1n) is 9.65. The van der Waals surface area contributed by atoms with E-state index in [4.69, 9.17) is 11.6 Å². The van der Waals surface area contributed by atoms with Crippen molar-refractivity contribution in [3.8, 4) is 11.1 Å². The SMILES string of the molecule is CCc1nc(Nc2ncnc(Cl)c2-c2ccccc2)nc(N2CCN(C)CC2)n1. The summed E-state index contributed by atoms with van der Waals surface area (Å²) >= 11 is 6.40. The third-order valence-electron chi connectivity index (χ3n) is 4.87. The Labute approximate surface area is 175 Å². The molecule has 0 aliphatic carbocycles. The lowest BCUT2D eigenvalue weighted by molar-refractivity contribution is 0.311. The van der Waals surface area contributed by atoms with Gasteiger partial charge in [-0.05, 0) is 12.6 Å². The smallest absolute Gasteiger partial charge is 0.233 e. The lowest BCUT2D eigenvalue weighted by Gasteiger charge is -2.32. The minimum Gasteiger partial charge on any atom is -0.338 e. The Kier molecular flexibility index (Phi) is 5.82. The molecule has 0 bridgehead atoms. The number of piperazine rings is 1. The first-order valence-corrected chi connectivity index (χ1v) is 10.0. The number of aromatic nitrogens is 5. The third-order valence-corrected chi connectivity index (χ3v) is 5.15. The van der Waals surface area contributed by atoms with Gasteiger partial charge in [-0.15, -0.1) is 0 Å². The Bertz CT molecular complexity index is 973. The number of rotatable bonds is 5. The van der Waals surface area contributed by atoms with Crippen molar-refractivity contribution < 1.29 is 0 Å². The zero-order chi connectivity index (χ0) is 20.2. The molecule has 0 amide bonds. The van der Waals surface area contributed by atoms with E-state index in [1.165, 1.54) is 6.33 Å². The summed E-state index contributed by atoms with van der Waals surface area (Å²) in [6.07, 6.45) is 2.15. The van der Waals surface area contributed by atoms with Crippen molar-refractivity contribution in [3.63, 3.8) is 0 Å². The molecular weight excluding hydrogens is 388 g/mol. The molecule has 29 heavy (non-hydrogen) atoms. The van der Waals surface area contributed by atoms with Crippen LogP contribution in [0.1, 0.15) is 12.7 Å². The molecule has 1 saturated heterocycles. The quantitative estimate of drug-likeness (QED) is 0.642. The number of aryl methyl sites for hydroxylation is 1. The molecule has 1 N–H and O–H groups in total. The zero-order valence-electron chi connectivity index (χ0n) is 16.5. The summed E-state index contributed by atoms with van der Waals surface area (Å²) in [7, 11) is 2.12. The standard InChI is InChI=1S/C20H23ClN8/c1-3-15-24-19(27-20(25-15)29-11-9-28(2)10-12-29)26-18-16(17(21)22-13-23-18)14-7-5-4-6-8-14/h4-8,13H,3,9-12H2,1-2H3,(H,22,23,24,25,26,27). The lowest BCUT2D eigenvalue weighted by atomic mass is 10.1. The van der Waals surface area contributed by atoms with E-state index in [0.29, 0.717) is 29.3 Å². The second kappa shape index (κ2) is 8.67. The molecule has 1 aliphatic rings. The minimum absolute atomic E-state index is 0.373. The van der Waals surface area contributed by atoms with Gasteiger partial charge in [-0.2, -0.15) is 15.0 Å². The van der Waals surface area contributed by atoms with Crippen molar-refractivity contribution >= 4 is 29.3 Å². The van der Waals surface area contributed by atoms with E-state index in [1.807, 2.05) is 37.3 Å². The van der Waals surface area contributed by atoms with Crippen LogP contribution in [0.15, 0.2) is 36.7 Å². The second-order valence-electron chi connectivity index (χ2n) is 6.90. The van der Waals surface area contributed by atoms with Gasteiger partial charge < -0.3 is 15.1 Å². The van der Waals surface area contributed by atoms with Gasteiger partial charge in [-0.25, -0.2) is 9.97 Å². The van der Waals surface area contributed by atoms with Gasteiger partial charge in [0.1, 0.15) is 23.1 Å². The average Bonchev–Trinajstić information content (AvgIpc) is 2.75. The lowest BCUT2D eigenvalue weighted by Crippen LogP contribution is -2.45. The Morgan fingerprint density at radius 1 is 1.00 bits per heavy atom. The number of hydrogen-bond donors (Lipinski definition) is 1. The van der Waals surface area contributed by atoms with Crippen LogP contribution >= 0.6 is 11.6 Å². The molecule has 0 atom stereocenters. The highest BCUT2D eigenvalue weighted by Crippen LogP contribution is 2.33. The zero-order valence-corrected chi connectivity index (χ0v) is 17.3. The maximum Gasteiger partial charge on any atom is 0.233 e. The van der Waals surface area contributed by atoms with E-state index < -0.39 is 0 Å². The molecule has 2 aromatic heterocycles. The third kappa shape index (κ3) is 4.44. The topological polar surface area (TPSA) is 83.0 Å². The van der Waals surface area contributed by atoms with Crippen LogP contribution in [-0.2, 0) is 6.42 Å². The molecule has 3 aromatic rings. The molecule has 8 nitrogen and oxygen atoms in total. The van der Waals surface area contributed by atoms with Crippen LogP contribution in [-0.4, -0.2) is 63.0 Å². The number of nitrogens with one attached hydrogen (secondary N) is 1. The van der Waals surface area contributed by atoms with Crippen molar-refractivity contribution in [2.24, 2.45) is 0 Å². The van der Waals surface area contributed by atoms with E-state index in [0.717, 1.165) is 43.1 Å². The molecule has 4 rings (SSSR count). The minimum atomic E-state index is 0.373. The molecule has 1 fully saturated rings. The van der Waals surface area contributed by atoms with Gasteiger partial charge in [0.15, 0.2) is 0 Å². The first-order chi connectivity index (χ1) is 14.1. The molecule has 1 aliphatic heterocycles. The molecule has 1 aromatic carbocycles. The highest BCUT2D eigenvalue weighted by molar-refractivity contribution is 6.32. The molecule has 0 saturated carbocycles. The molecular formula is C20H23ClN8. The monoisotopic (exact) mass is 410 g/mol. The van der Waals surface area contributed by atoms with Crippen molar-refractivity contribution in [1.29, 1.82) is 0 Å². The predicted molar refractivity (Wildman–Crippen MR) is 115 cm³/mol. The second-order valence-corrected chi connectivity index (χ2v) is 7.26. The number of nitrogens with zero attached hydrogens (tertiary/aromatic N) is 7. The Balaban J connectivity index is 1.68. The molecule has 0 spiro atoms. The number of benzene rings is 1. The van der Waals surface area contributed by atoms with E-state index in [2.05, 4.69) is 47.1 Å². The van der Waals surface area contributed by atoms with Crippen LogP contribution in [0.5, 0.6) is 0 Å². The maximum absolute atomic E-state index is 6.40. The first kappa shape index (κ1) is 19.5. The number of halogens is 1. The average molecular weight is 411 g/mol. The summed E-state index contributed by atoms with van der Waals surface area (Å²) in [4.78, 5) is 26.9. The van der Waals surface area contributed by atoms with Crippen molar-refractivity contribution in [1.82, 2.24) is 29.8 Å². The summed E-state index contributed by atoms with van der Waals surface area (Å²) in [5.74, 6) is 2.44. The highest BCUT2D eigenvalue weighted by atomic mass is 35.5. The number of hydrogen-bond acceptors (Lipinski definition) is 8. The summed E-state index contributed by atoms with van der Waals surface area (Å²) < 4.78 is 0. The van der Waals surface area contributed by atoms with Gasteiger partial charge in [-0.1, -0.05) is 48.9 Å². The van der Waals surface area contributed by atoms with Gasteiger partial charge in [0, 0.05) is 32.6 Å². The summed E-state index contributed by atoms with van der Waals surface area (Å²) in [6.45, 7) is 5.77. The van der Waals surface area contributed by atoms with Crippen molar-refractivity contribution in [2.75, 3.05) is 43.4 Å².